The fourth-order valence-electron chi connectivity index (χ4n) is 1.92. The molecule has 2 nitrogen and oxygen atoms in total. The second-order valence-electron chi connectivity index (χ2n) is 3.77. The van der Waals surface area contributed by atoms with Gasteiger partial charge in [-0.05, 0) is 17.5 Å². The Bertz CT molecular complexity index is 674. The Balaban J connectivity index is 2.35. The molecule has 0 saturated carbocycles. The predicted molar refractivity (Wildman–Crippen MR) is 72.2 cm³/mol. The molecule has 0 saturated heterocycles. The van der Waals surface area contributed by atoms with Crippen LogP contribution in [-0.4, -0.2) is 9.97 Å². The largest absolute Gasteiger partial charge is 0.264 e. The van der Waals surface area contributed by atoms with E-state index in [1.54, 1.807) is 12.4 Å². The molecular formula is C14H10N2S. The minimum atomic E-state index is 0.844. The Hall–Kier alpha value is -1.87. The summed E-state index contributed by atoms with van der Waals surface area (Å²) >= 11 is 4.43. The van der Waals surface area contributed by atoms with E-state index in [1.807, 2.05) is 30.5 Å². The molecule has 82 valence electrons. The third kappa shape index (κ3) is 1.78. The molecule has 17 heavy (non-hydrogen) atoms. The third-order valence-electron chi connectivity index (χ3n) is 2.73. The van der Waals surface area contributed by atoms with Gasteiger partial charge in [-0.1, -0.05) is 24.3 Å². The van der Waals surface area contributed by atoms with E-state index < -0.39 is 0 Å². The molecule has 0 atom stereocenters. The summed E-state index contributed by atoms with van der Waals surface area (Å²) in [5, 5.41) is 2.32. The first-order chi connectivity index (χ1) is 8.36. The zero-order valence-corrected chi connectivity index (χ0v) is 9.93. The maximum absolute atomic E-state index is 4.46. The van der Waals surface area contributed by atoms with Crippen molar-refractivity contribution in [2.45, 2.75) is 4.90 Å². The van der Waals surface area contributed by atoms with E-state index in [-0.39, 0.29) is 0 Å². The van der Waals surface area contributed by atoms with E-state index in [0.29, 0.717) is 0 Å². The standard InChI is InChI=1S/C14H10N2S/c17-13-9-15-7-6-12(13)14-11-4-2-1-3-10(11)5-8-16-14/h1-9,17H. The van der Waals surface area contributed by atoms with Crippen molar-refractivity contribution in [1.29, 1.82) is 0 Å². The zero-order valence-electron chi connectivity index (χ0n) is 9.04. The second-order valence-corrected chi connectivity index (χ2v) is 4.26. The van der Waals surface area contributed by atoms with Crippen molar-refractivity contribution in [3.05, 3.63) is 55.0 Å². The predicted octanol–water partition coefficient (Wildman–Crippen LogP) is 3.59. The fraction of sp³-hybridized carbons (Fsp3) is 0. The van der Waals surface area contributed by atoms with Gasteiger partial charge >= 0.3 is 0 Å². The summed E-state index contributed by atoms with van der Waals surface area (Å²) in [6.07, 6.45) is 5.33. The number of benzene rings is 1. The molecule has 0 aliphatic rings. The smallest absolute Gasteiger partial charge is 0.0792 e. The number of rotatable bonds is 1. The Morgan fingerprint density at radius 3 is 2.71 bits per heavy atom. The summed E-state index contributed by atoms with van der Waals surface area (Å²) in [5.41, 5.74) is 1.97. The highest BCUT2D eigenvalue weighted by molar-refractivity contribution is 7.80. The van der Waals surface area contributed by atoms with Crippen LogP contribution in [0.5, 0.6) is 0 Å². The highest BCUT2D eigenvalue weighted by Crippen LogP contribution is 2.29. The highest BCUT2D eigenvalue weighted by Gasteiger charge is 2.07. The topological polar surface area (TPSA) is 25.8 Å². The van der Waals surface area contributed by atoms with Crippen LogP contribution in [0.4, 0.5) is 0 Å². The van der Waals surface area contributed by atoms with E-state index in [1.165, 1.54) is 5.39 Å². The van der Waals surface area contributed by atoms with Crippen LogP contribution in [0.15, 0.2) is 59.9 Å². The van der Waals surface area contributed by atoms with Gasteiger partial charge in [0.1, 0.15) is 0 Å². The van der Waals surface area contributed by atoms with Crippen LogP contribution in [0.3, 0.4) is 0 Å². The van der Waals surface area contributed by atoms with Gasteiger partial charge in [-0.25, -0.2) is 0 Å². The van der Waals surface area contributed by atoms with Crippen LogP contribution in [-0.2, 0) is 0 Å². The fourth-order valence-corrected chi connectivity index (χ4v) is 2.17. The van der Waals surface area contributed by atoms with Gasteiger partial charge in [-0.15, -0.1) is 12.6 Å². The van der Waals surface area contributed by atoms with Gasteiger partial charge in [0.25, 0.3) is 0 Å². The lowest BCUT2D eigenvalue weighted by Gasteiger charge is -2.07. The molecule has 2 heterocycles. The molecule has 0 N–H and O–H groups in total. The number of pyridine rings is 2. The minimum absolute atomic E-state index is 0.844. The molecule has 0 aliphatic heterocycles. The zero-order chi connectivity index (χ0) is 11.7. The lowest BCUT2D eigenvalue weighted by Crippen LogP contribution is -1.87. The molecular weight excluding hydrogens is 228 g/mol. The normalized spacial score (nSPS) is 10.6. The van der Waals surface area contributed by atoms with Crippen molar-refractivity contribution >= 4 is 23.4 Å². The summed E-state index contributed by atoms with van der Waals surface area (Å²) < 4.78 is 0. The van der Waals surface area contributed by atoms with E-state index in [4.69, 9.17) is 0 Å². The van der Waals surface area contributed by atoms with Gasteiger partial charge in [-0.2, -0.15) is 0 Å². The lowest BCUT2D eigenvalue weighted by atomic mass is 10.1. The number of thiol groups is 1. The van der Waals surface area contributed by atoms with Crippen molar-refractivity contribution in [3.63, 3.8) is 0 Å². The van der Waals surface area contributed by atoms with Crippen LogP contribution >= 0.6 is 12.6 Å². The molecule has 3 aromatic rings. The molecule has 1 aromatic carbocycles. The van der Waals surface area contributed by atoms with E-state index in [2.05, 4.69) is 34.7 Å². The maximum Gasteiger partial charge on any atom is 0.0792 e. The lowest BCUT2D eigenvalue weighted by molar-refractivity contribution is 1.23. The summed E-state index contributed by atoms with van der Waals surface area (Å²) in [5.74, 6) is 0. The number of hydrogen-bond donors (Lipinski definition) is 1. The molecule has 0 unspecified atom stereocenters. The monoisotopic (exact) mass is 238 g/mol. The number of nitrogens with zero attached hydrogens (tertiary/aromatic N) is 2. The van der Waals surface area contributed by atoms with Crippen molar-refractivity contribution in [2.75, 3.05) is 0 Å². The van der Waals surface area contributed by atoms with Crippen LogP contribution < -0.4 is 0 Å². The summed E-state index contributed by atoms with van der Waals surface area (Å²) in [6, 6.07) is 12.2. The first-order valence-corrected chi connectivity index (χ1v) is 5.78. The number of hydrogen-bond acceptors (Lipinski definition) is 3. The van der Waals surface area contributed by atoms with Gasteiger partial charge in [0.2, 0.25) is 0 Å². The molecule has 0 amide bonds. The van der Waals surface area contributed by atoms with Gasteiger partial charge in [0, 0.05) is 34.4 Å². The molecule has 3 heteroatoms. The average Bonchev–Trinajstić information content (AvgIpc) is 2.39. The van der Waals surface area contributed by atoms with Crippen molar-refractivity contribution in [2.24, 2.45) is 0 Å². The van der Waals surface area contributed by atoms with E-state index in [9.17, 15) is 0 Å². The van der Waals surface area contributed by atoms with Crippen LogP contribution in [0.1, 0.15) is 0 Å². The first-order valence-electron chi connectivity index (χ1n) is 5.33. The number of aromatic nitrogens is 2. The molecule has 2 aromatic heterocycles. The van der Waals surface area contributed by atoms with E-state index >= 15 is 0 Å². The van der Waals surface area contributed by atoms with E-state index in [0.717, 1.165) is 21.5 Å². The molecule has 0 radical (unpaired) electrons. The molecule has 0 aliphatic carbocycles. The average molecular weight is 238 g/mol. The Kier molecular flexibility index (Phi) is 2.53. The summed E-state index contributed by atoms with van der Waals surface area (Å²) in [7, 11) is 0. The minimum Gasteiger partial charge on any atom is -0.264 e. The number of fused-ring (bicyclic) bond motifs is 1. The Labute approximate surface area is 105 Å². The van der Waals surface area contributed by atoms with Crippen LogP contribution in [0.2, 0.25) is 0 Å². The molecule has 3 rings (SSSR count). The molecule has 0 spiro atoms. The van der Waals surface area contributed by atoms with Gasteiger partial charge in [0.15, 0.2) is 0 Å². The summed E-state index contributed by atoms with van der Waals surface area (Å²) in [4.78, 5) is 9.35. The Morgan fingerprint density at radius 1 is 0.941 bits per heavy atom. The Morgan fingerprint density at radius 2 is 1.82 bits per heavy atom. The maximum atomic E-state index is 4.46. The quantitative estimate of drug-likeness (QED) is 0.656. The van der Waals surface area contributed by atoms with Crippen LogP contribution in [0.25, 0.3) is 22.0 Å². The highest BCUT2D eigenvalue weighted by atomic mass is 32.1. The van der Waals surface area contributed by atoms with Gasteiger partial charge < -0.3 is 0 Å². The first kappa shape index (κ1) is 10.3. The molecule has 0 bridgehead atoms. The van der Waals surface area contributed by atoms with Gasteiger partial charge in [0.05, 0.1) is 5.69 Å². The van der Waals surface area contributed by atoms with Crippen molar-refractivity contribution in [3.8, 4) is 11.3 Å². The van der Waals surface area contributed by atoms with Crippen molar-refractivity contribution < 1.29 is 0 Å². The van der Waals surface area contributed by atoms with Crippen LogP contribution in [0, 0.1) is 0 Å². The summed E-state index contributed by atoms with van der Waals surface area (Å²) in [6.45, 7) is 0. The van der Waals surface area contributed by atoms with Gasteiger partial charge in [-0.3, -0.25) is 9.97 Å². The second kappa shape index (κ2) is 4.18. The van der Waals surface area contributed by atoms with Crippen molar-refractivity contribution in [1.82, 2.24) is 9.97 Å². The SMILES string of the molecule is Sc1cnccc1-c1nccc2ccccc12. The molecule has 0 fully saturated rings. The third-order valence-corrected chi connectivity index (χ3v) is 3.09.